The maximum Gasteiger partial charge on any atom is 0.257 e. The molecular weight excluding hydrogens is 568 g/mol. The molecule has 0 aliphatic rings. The molecule has 2 aromatic heterocycles. The first-order chi connectivity index (χ1) is 19.4. The summed E-state index contributed by atoms with van der Waals surface area (Å²) in [4.78, 5) is 25.3. The molecule has 2 N–H and O–H groups in total. The zero-order chi connectivity index (χ0) is 29.8. The summed E-state index contributed by atoms with van der Waals surface area (Å²) in [5.74, 6) is 0.209. The van der Waals surface area contributed by atoms with Crippen LogP contribution in [0.25, 0.3) is 11.3 Å². The molecule has 1 amide bonds. The standard InChI is InChI=1S/C27H28N6O6S2/c1-18(19-7-5-9-22(13-19)31-27(34)21-8-6-12-28-15-21)30-26-17-29-16-23(32-26)20-10-11-24(25(14-20)39-2)33(40(3,35)36)41(4,37)38/h5-18H,1-4H3,(H,30,32)(H,31,34)/t18-/m0/s1. The highest BCUT2D eigenvalue weighted by Crippen LogP contribution is 2.35. The lowest BCUT2D eigenvalue weighted by Crippen LogP contribution is -2.35. The fourth-order valence-electron chi connectivity index (χ4n) is 4.06. The summed E-state index contributed by atoms with van der Waals surface area (Å²) in [5, 5.41) is 6.15. The second kappa shape index (κ2) is 11.9. The number of benzene rings is 2. The van der Waals surface area contributed by atoms with E-state index in [-0.39, 0.29) is 23.4 Å². The summed E-state index contributed by atoms with van der Waals surface area (Å²) < 4.78 is 54.6. The number of nitrogens with zero attached hydrogens (tertiary/aromatic N) is 4. The molecule has 214 valence electrons. The van der Waals surface area contributed by atoms with Crippen molar-refractivity contribution in [2.45, 2.75) is 13.0 Å². The molecule has 0 saturated carbocycles. The van der Waals surface area contributed by atoms with Crippen molar-refractivity contribution in [1.82, 2.24) is 15.0 Å². The third-order valence-corrected chi connectivity index (χ3v) is 9.06. The number of hydrogen-bond donors (Lipinski definition) is 2. The first-order valence-electron chi connectivity index (χ1n) is 12.2. The summed E-state index contributed by atoms with van der Waals surface area (Å²) in [7, 11) is -7.00. The maximum absolute atomic E-state index is 12.5. The molecular formula is C27H28N6O6S2. The third-order valence-electron chi connectivity index (χ3n) is 5.84. The van der Waals surface area contributed by atoms with Crippen molar-refractivity contribution in [2.24, 2.45) is 0 Å². The molecule has 0 spiro atoms. The number of sulfonamides is 2. The van der Waals surface area contributed by atoms with Crippen molar-refractivity contribution in [1.29, 1.82) is 0 Å². The van der Waals surface area contributed by atoms with Crippen molar-refractivity contribution in [2.75, 3.05) is 34.0 Å². The molecule has 4 rings (SSSR count). The number of hydrogen-bond acceptors (Lipinski definition) is 10. The number of aromatic nitrogens is 3. The van der Waals surface area contributed by atoms with E-state index >= 15 is 0 Å². The number of anilines is 3. The minimum atomic E-state index is -4.16. The Kier molecular flexibility index (Phi) is 8.54. The van der Waals surface area contributed by atoms with Crippen LogP contribution in [0.2, 0.25) is 0 Å². The van der Waals surface area contributed by atoms with Crippen molar-refractivity contribution < 1.29 is 26.4 Å². The Bertz CT molecular complexity index is 1750. The average Bonchev–Trinajstić information content (AvgIpc) is 2.92. The van der Waals surface area contributed by atoms with Gasteiger partial charge in [0.1, 0.15) is 17.3 Å². The minimum Gasteiger partial charge on any atom is -0.494 e. The molecule has 2 heterocycles. The molecule has 0 unspecified atom stereocenters. The zero-order valence-corrected chi connectivity index (χ0v) is 24.3. The van der Waals surface area contributed by atoms with Gasteiger partial charge in [-0.25, -0.2) is 21.8 Å². The fourth-order valence-corrected chi connectivity index (χ4v) is 7.04. The van der Waals surface area contributed by atoms with Gasteiger partial charge in [-0.2, -0.15) is 3.71 Å². The first kappa shape index (κ1) is 29.4. The van der Waals surface area contributed by atoms with Crippen LogP contribution in [0.15, 0.2) is 79.4 Å². The molecule has 0 aliphatic carbocycles. The summed E-state index contributed by atoms with van der Waals surface area (Å²) >= 11 is 0. The molecule has 41 heavy (non-hydrogen) atoms. The van der Waals surface area contributed by atoms with E-state index in [9.17, 15) is 21.6 Å². The lowest BCUT2D eigenvalue weighted by Gasteiger charge is -2.22. The lowest BCUT2D eigenvalue weighted by molar-refractivity contribution is 0.102. The monoisotopic (exact) mass is 596 g/mol. The van der Waals surface area contributed by atoms with Crippen LogP contribution >= 0.6 is 0 Å². The molecule has 1 atom stereocenters. The van der Waals surface area contributed by atoms with Gasteiger partial charge in [0.15, 0.2) is 0 Å². The van der Waals surface area contributed by atoms with Crippen molar-refractivity contribution in [3.63, 3.8) is 0 Å². The molecule has 0 radical (unpaired) electrons. The molecule has 14 heteroatoms. The van der Waals surface area contributed by atoms with Crippen LogP contribution in [0.3, 0.4) is 0 Å². The largest absolute Gasteiger partial charge is 0.494 e. The van der Waals surface area contributed by atoms with E-state index in [1.54, 1.807) is 30.6 Å². The number of methoxy groups -OCH3 is 1. The van der Waals surface area contributed by atoms with E-state index in [4.69, 9.17) is 4.74 Å². The maximum atomic E-state index is 12.5. The Morgan fingerprint density at radius 1 is 0.927 bits per heavy atom. The van der Waals surface area contributed by atoms with Crippen LogP contribution in [0.1, 0.15) is 28.9 Å². The van der Waals surface area contributed by atoms with E-state index in [0.717, 1.165) is 18.1 Å². The molecule has 12 nitrogen and oxygen atoms in total. The second-order valence-electron chi connectivity index (χ2n) is 9.09. The molecule has 0 fully saturated rings. The van der Waals surface area contributed by atoms with Crippen LogP contribution in [0.4, 0.5) is 17.2 Å². The average molecular weight is 597 g/mol. The van der Waals surface area contributed by atoms with E-state index in [0.29, 0.717) is 32.0 Å². The molecule has 4 aromatic rings. The third kappa shape index (κ3) is 7.15. The van der Waals surface area contributed by atoms with Gasteiger partial charge >= 0.3 is 0 Å². The van der Waals surface area contributed by atoms with E-state index in [2.05, 4.69) is 25.6 Å². The van der Waals surface area contributed by atoms with Gasteiger partial charge in [-0.05, 0) is 48.9 Å². The van der Waals surface area contributed by atoms with Crippen LogP contribution in [-0.4, -0.2) is 57.3 Å². The van der Waals surface area contributed by atoms with Crippen LogP contribution in [-0.2, 0) is 20.0 Å². The quantitative estimate of drug-likeness (QED) is 0.276. The minimum absolute atomic E-state index is 0.0250. The Hall–Kier alpha value is -4.56. The normalized spacial score (nSPS) is 12.3. The lowest BCUT2D eigenvalue weighted by atomic mass is 10.1. The number of ether oxygens (including phenoxy) is 1. The SMILES string of the molecule is COc1cc(-c2cncc(N[C@@H](C)c3cccc(NC(=O)c4cccnc4)c3)n2)ccc1N(S(C)(=O)=O)S(C)(=O)=O. The number of rotatable bonds is 10. The first-order valence-corrected chi connectivity index (χ1v) is 15.9. The van der Waals surface area contributed by atoms with Crippen LogP contribution in [0, 0.1) is 0 Å². The summed E-state index contributed by atoms with van der Waals surface area (Å²) in [6.45, 7) is 1.93. The number of amides is 1. The molecule has 0 bridgehead atoms. The predicted molar refractivity (Wildman–Crippen MR) is 157 cm³/mol. The van der Waals surface area contributed by atoms with Crippen molar-refractivity contribution in [3.05, 3.63) is 90.5 Å². The van der Waals surface area contributed by atoms with Crippen molar-refractivity contribution >= 4 is 43.1 Å². The van der Waals surface area contributed by atoms with E-state index in [1.165, 1.54) is 37.7 Å². The second-order valence-corrected chi connectivity index (χ2v) is 13.0. The number of nitrogens with one attached hydrogen (secondary N) is 2. The molecule has 2 aromatic carbocycles. The van der Waals surface area contributed by atoms with Gasteiger partial charge in [-0.15, -0.1) is 0 Å². The van der Waals surface area contributed by atoms with Crippen LogP contribution in [0.5, 0.6) is 5.75 Å². The molecule has 0 saturated heterocycles. The fraction of sp³-hybridized carbons (Fsp3) is 0.185. The Labute approximate surface area is 238 Å². The van der Waals surface area contributed by atoms with Gasteiger partial charge < -0.3 is 15.4 Å². The summed E-state index contributed by atoms with van der Waals surface area (Å²) in [6, 6.07) is 14.9. The Morgan fingerprint density at radius 3 is 2.34 bits per heavy atom. The zero-order valence-electron chi connectivity index (χ0n) is 22.6. The smallest absolute Gasteiger partial charge is 0.257 e. The Balaban J connectivity index is 1.55. The van der Waals surface area contributed by atoms with Gasteiger partial charge in [-0.3, -0.25) is 14.8 Å². The number of carbonyl (C=O) groups excluding carboxylic acids is 1. The molecule has 0 aliphatic heterocycles. The number of carbonyl (C=O) groups is 1. The topological polar surface area (TPSA) is 161 Å². The summed E-state index contributed by atoms with van der Waals surface area (Å²) in [6.07, 6.45) is 7.75. The highest BCUT2D eigenvalue weighted by molar-refractivity contribution is 8.09. The predicted octanol–water partition coefficient (Wildman–Crippen LogP) is 3.70. The van der Waals surface area contributed by atoms with E-state index in [1.807, 2.05) is 25.1 Å². The highest BCUT2D eigenvalue weighted by atomic mass is 32.3. The highest BCUT2D eigenvalue weighted by Gasteiger charge is 2.30. The van der Waals surface area contributed by atoms with Crippen LogP contribution < -0.4 is 19.1 Å². The number of pyridine rings is 1. The van der Waals surface area contributed by atoms with Gasteiger partial charge in [0.2, 0.25) is 20.0 Å². The van der Waals surface area contributed by atoms with Gasteiger partial charge in [0.05, 0.1) is 49.3 Å². The van der Waals surface area contributed by atoms with Gasteiger partial charge in [-0.1, -0.05) is 18.2 Å². The van der Waals surface area contributed by atoms with Gasteiger partial charge in [0, 0.05) is 23.6 Å². The van der Waals surface area contributed by atoms with Gasteiger partial charge in [0.25, 0.3) is 5.91 Å². The van der Waals surface area contributed by atoms with Crippen molar-refractivity contribution in [3.8, 4) is 17.0 Å². The summed E-state index contributed by atoms with van der Waals surface area (Å²) in [5.41, 5.74) is 2.77. The van der Waals surface area contributed by atoms with E-state index < -0.39 is 20.0 Å². The Morgan fingerprint density at radius 2 is 1.68 bits per heavy atom.